The van der Waals surface area contributed by atoms with Crippen molar-refractivity contribution in [2.75, 3.05) is 0 Å². The molecule has 118 valence electrons. The molecule has 0 aliphatic rings. The first-order valence-corrected chi connectivity index (χ1v) is 7.25. The van der Waals surface area contributed by atoms with E-state index in [2.05, 4.69) is 15.0 Å². The molecule has 0 atom stereocenters. The van der Waals surface area contributed by atoms with Crippen molar-refractivity contribution in [2.24, 2.45) is 7.05 Å². The summed E-state index contributed by atoms with van der Waals surface area (Å²) in [6, 6.07) is 9.52. The quantitative estimate of drug-likeness (QED) is 0.568. The Hall–Kier alpha value is -3.35. The maximum atomic E-state index is 14.3. The fourth-order valence-electron chi connectivity index (χ4n) is 2.61. The standard InChI is InChI=1S/C17H12FN5O/c1-22-9-11(6-7-15(22)24)23-16(12-4-2-3-5-13(12)18)21-14-8-19-10-20-17(14)23/h2-10H,1H3. The van der Waals surface area contributed by atoms with Crippen LogP contribution in [0, 0.1) is 5.82 Å². The molecule has 3 aromatic heterocycles. The van der Waals surface area contributed by atoms with Crippen LogP contribution in [-0.4, -0.2) is 24.1 Å². The molecule has 0 fully saturated rings. The molecule has 0 N–H and O–H groups in total. The highest BCUT2D eigenvalue weighted by atomic mass is 19.1. The van der Waals surface area contributed by atoms with E-state index in [-0.39, 0.29) is 11.4 Å². The summed E-state index contributed by atoms with van der Waals surface area (Å²) in [5.41, 5.74) is 1.97. The number of nitrogens with zero attached hydrogens (tertiary/aromatic N) is 5. The number of hydrogen-bond acceptors (Lipinski definition) is 4. The highest BCUT2D eigenvalue weighted by Crippen LogP contribution is 2.28. The molecule has 7 heteroatoms. The van der Waals surface area contributed by atoms with E-state index < -0.39 is 0 Å². The van der Waals surface area contributed by atoms with Gasteiger partial charge in [-0.1, -0.05) is 12.1 Å². The van der Waals surface area contributed by atoms with E-state index in [0.29, 0.717) is 28.2 Å². The molecule has 0 saturated carbocycles. The SMILES string of the molecule is Cn1cc(-n2c(-c3ccccc3F)nc3cncnc32)ccc1=O. The largest absolute Gasteiger partial charge is 0.316 e. The average molecular weight is 321 g/mol. The lowest BCUT2D eigenvalue weighted by Gasteiger charge is -2.10. The minimum Gasteiger partial charge on any atom is -0.316 e. The molecule has 0 aliphatic heterocycles. The van der Waals surface area contributed by atoms with Gasteiger partial charge in [0.1, 0.15) is 23.5 Å². The summed E-state index contributed by atoms with van der Waals surface area (Å²) in [7, 11) is 1.66. The Morgan fingerprint density at radius 1 is 1.12 bits per heavy atom. The smallest absolute Gasteiger partial charge is 0.250 e. The lowest BCUT2D eigenvalue weighted by Crippen LogP contribution is -2.15. The first kappa shape index (κ1) is 14.3. The fourth-order valence-corrected chi connectivity index (χ4v) is 2.61. The van der Waals surface area contributed by atoms with Crippen LogP contribution < -0.4 is 5.56 Å². The van der Waals surface area contributed by atoms with Crippen molar-refractivity contribution in [1.82, 2.24) is 24.1 Å². The van der Waals surface area contributed by atoms with Gasteiger partial charge < -0.3 is 4.57 Å². The number of imidazole rings is 1. The Bertz CT molecular complexity index is 1120. The van der Waals surface area contributed by atoms with Gasteiger partial charge in [0.2, 0.25) is 5.56 Å². The van der Waals surface area contributed by atoms with E-state index in [9.17, 15) is 9.18 Å². The van der Waals surface area contributed by atoms with Gasteiger partial charge in [0, 0.05) is 19.3 Å². The van der Waals surface area contributed by atoms with Gasteiger partial charge in [-0.15, -0.1) is 0 Å². The van der Waals surface area contributed by atoms with Crippen LogP contribution in [0.4, 0.5) is 4.39 Å². The van der Waals surface area contributed by atoms with Gasteiger partial charge >= 0.3 is 0 Å². The molecule has 0 bridgehead atoms. The van der Waals surface area contributed by atoms with E-state index in [1.165, 1.54) is 23.0 Å². The number of fused-ring (bicyclic) bond motifs is 1. The molecule has 3 heterocycles. The first-order valence-electron chi connectivity index (χ1n) is 7.25. The Morgan fingerprint density at radius 2 is 1.96 bits per heavy atom. The normalized spacial score (nSPS) is 11.1. The van der Waals surface area contributed by atoms with E-state index in [1.54, 1.807) is 48.3 Å². The third-order valence-electron chi connectivity index (χ3n) is 3.77. The lowest BCUT2D eigenvalue weighted by atomic mass is 10.2. The molecule has 0 unspecified atom stereocenters. The zero-order chi connectivity index (χ0) is 16.7. The van der Waals surface area contributed by atoms with Gasteiger partial charge in [-0.05, 0) is 18.2 Å². The van der Waals surface area contributed by atoms with Crippen molar-refractivity contribution in [1.29, 1.82) is 0 Å². The van der Waals surface area contributed by atoms with E-state index in [4.69, 9.17) is 0 Å². The molecule has 6 nitrogen and oxygen atoms in total. The second kappa shape index (κ2) is 5.38. The first-order chi connectivity index (χ1) is 11.6. The number of hydrogen-bond donors (Lipinski definition) is 0. The van der Waals surface area contributed by atoms with E-state index in [1.807, 2.05) is 0 Å². The molecular formula is C17H12FN5O. The number of aromatic nitrogens is 5. The van der Waals surface area contributed by atoms with Gasteiger partial charge in [0.25, 0.3) is 0 Å². The monoisotopic (exact) mass is 321 g/mol. The number of rotatable bonds is 2. The van der Waals surface area contributed by atoms with Crippen LogP contribution in [0.2, 0.25) is 0 Å². The highest BCUT2D eigenvalue weighted by molar-refractivity contribution is 5.79. The summed E-state index contributed by atoms with van der Waals surface area (Å²) < 4.78 is 17.5. The fraction of sp³-hybridized carbons (Fsp3) is 0.0588. The van der Waals surface area contributed by atoms with Gasteiger partial charge in [-0.3, -0.25) is 9.36 Å². The minimum absolute atomic E-state index is 0.134. The van der Waals surface area contributed by atoms with Crippen LogP contribution in [0.15, 0.2) is 59.9 Å². The van der Waals surface area contributed by atoms with Crippen LogP contribution in [-0.2, 0) is 7.05 Å². The van der Waals surface area contributed by atoms with Crippen LogP contribution in [0.25, 0.3) is 28.2 Å². The Balaban J connectivity index is 2.09. The van der Waals surface area contributed by atoms with Crippen molar-refractivity contribution in [3.8, 4) is 17.1 Å². The average Bonchev–Trinajstić information content (AvgIpc) is 2.97. The molecule has 4 aromatic rings. The molecule has 0 saturated heterocycles. The summed E-state index contributed by atoms with van der Waals surface area (Å²) in [5, 5.41) is 0. The summed E-state index contributed by atoms with van der Waals surface area (Å²) in [5.74, 6) is 0.0223. The third kappa shape index (κ3) is 2.18. The van der Waals surface area contributed by atoms with Crippen LogP contribution in [0.1, 0.15) is 0 Å². The van der Waals surface area contributed by atoms with Crippen LogP contribution in [0.5, 0.6) is 0 Å². The van der Waals surface area contributed by atoms with Crippen molar-refractivity contribution >= 4 is 11.2 Å². The number of aryl methyl sites for hydroxylation is 1. The second-order valence-electron chi connectivity index (χ2n) is 5.32. The van der Waals surface area contributed by atoms with Crippen molar-refractivity contribution in [2.45, 2.75) is 0 Å². The molecular weight excluding hydrogens is 309 g/mol. The second-order valence-corrected chi connectivity index (χ2v) is 5.32. The Kier molecular flexibility index (Phi) is 3.19. The maximum absolute atomic E-state index is 14.3. The Morgan fingerprint density at radius 3 is 2.75 bits per heavy atom. The van der Waals surface area contributed by atoms with Crippen LogP contribution >= 0.6 is 0 Å². The van der Waals surface area contributed by atoms with Crippen molar-refractivity contribution in [3.63, 3.8) is 0 Å². The maximum Gasteiger partial charge on any atom is 0.250 e. The summed E-state index contributed by atoms with van der Waals surface area (Å²) in [4.78, 5) is 24.4. The zero-order valence-electron chi connectivity index (χ0n) is 12.7. The summed E-state index contributed by atoms with van der Waals surface area (Å²) in [6.45, 7) is 0. The van der Waals surface area contributed by atoms with Gasteiger partial charge in [0.15, 0.2) is 5.65 Å². The summed E-state index contributed by atoms with van der Waals surface area (Å²) >= 11 is 0. The van der Waals surface area contributed by atoms with Gasteiger partial charge in [0.05, 0.1) is 17.4 Å². The van der Waals surface area contributed by atoms with E-state index in [0.717, 1.165) is 0 Å². The van der Waals surface area contributed by atoms with Crippen molar-refractivity contribution in [3.05, 3.63) is 71.3 Å². The highest BCUT2D eigenvalue weighted by Gasteiger charge is 2.18. The van der Waals surface area contributed by atoms with E-state index >= 15 is 0 Å². The molecule has 4 rings (SSSR count). The predicted octanol–water partition coefficient (Wildman–Crippen LogP) is 2.32. The molecule has 0 radical (unpaired) electrons. The third-order valence-corrected chi connectivity index (χ3v) is 3.77. The van der Waals surface area contributed by atoms with Crippen molar-refractivity contribution < 1.29 is 4.39 Å². The molecule has 0 spiro atoms. The molecule has 1 aromatic carbocycles. The number of benzene rings is 1. The molecule has 24 heavy (non-hydrogen) atoms. The molecule has 0 amide bonds. The van der Waals surface area contributed by atoms with Crippen LogP contribution in [0.3, 0.4) is 0 Å². The lowest BCUT2D eigenvalue weighted by molar-refractivity contribution is 0.629. The summed E-state index contributed by atoms with van der Waals surface area (Å²) in [6.07, 6.45) is 4.65. The number of pyridine rings is 1. The number of halogens is 1. The topological polar surface area (TPSA) is 65.6 Å². The minimum atomic E-state index is -0.383. The zero-order valence-corrected chi connectivity index (χ0v) is 12.7. The molecule has 0 aliphatic carbocycles. The Labute approximate surface area is 135 Å². The van der Waals surface area contributed by atoms with Gasteiger partial charge in [-0.25, -0.2) is 19.3 Å². The predicted molar refractivity (Wildman–Crippen MR) is 87.3 cm³/mol. The van der Waals surface area contributed by atoms with Gasteiger partial charge in [-0.2, -0.15) is 0 Å².